The van der Waals surface area contributed by atoms with Gasteiger partial charge in [0.05, 0.1) is 5.69 Å². The van der Waals surface area contributed by atoms with Gasteiger partial charge in [0, 0.05) is 22.0 Å². The van der Waals surface area contributed by atoms with Crippen molar-refractivity contribution in [3.63, 3.8) is 0 Å². The molecule has 0 saturated carbocycles. The molecular weight excluding hydrogens is 327 g/mol. The Balaban J connectivity index is 2.45. The van der Waals surface area contributed by atoms with Gasteiger partial charge in [-0.15, -0.1) is 0 Å². The number of nitrogens with zero attached hydrogens (tertiary/aromatic N) is 1. The highest BCUT2D eigenvalue weighted by Gasteiger charge is 2.13. The number of aryl methyl sites for hydroxylation is 1. The molecule has 1 aromatic heterocycles. The van der Waals surface area contributed by atoms with E-state index in [0.29, 0.717) is 27.2 Å². The Bertz CT molecular complexity index is 701. The van der Waals surface area contributed by atoms with Crippen LogP contribution in [0, 0.1) is 0 Å². The van der Waals surface area contributed by atoms with E-state index in [9.17, 15) is 4.79 Å². The van der Waals surface area contributed by atoms with E-state index in [1.54, 1.807) is 12.1 Å². The molecule has 112 valence electrons. The molecule has 0 fully saturated rings. The summed E-state index contributed by atoms with van der Waals surface area (Å²) in [5.41, 5.74) is 2.31. The first-order valence-electron chi connectivity index (χ1n) is 6.65. The Hall–Kier alpha value is -0.970. The van der Waals surface area contributed by atoms with Gasteiger partial charge in [0.1, 0.15) is 0 Å². The van der Waals surface area contributed by atoms with E-state index in [2.05, 4.69) is 16.9 Å². The number of thioether (sulfide) groups is 1. The summed E-state index contributed by atoms with van der Waals surface area (Å²) in [5, 5.41) is 1.80. The van der Waals surface area contributed by atoms with Crippen molar-refractivity contribution in [3.8, 4) is 0 Å². The maximum atomic E-state index is 12.3. The summed E-state index contributed by atoms with van der Waals surface area (Å²) >= 11 is 13.5. The molecule has 0 amide bonds. The summed E-state index contributed by atoms with van der Waals surface area (Å²) in [6.45, 7) is 2.07. The molecule has 1 aromatic carbocycles. The van der Waals surface area contributed by atoms with Crippen molar-refractivity contribution in [2.24, 2.45) is 0 Å². The van der Waals surface area contributed by atoms with Crippen molar-refractivity contribution in [1.29, 1.82) is 0 Å². The third-order valence-corrected chi connectivity index (χ3v) is 4.31. The van der Waals surface area contributed by atoms with E-state index in [-0.39, 0.29) is 5.56 Å². The van der Waals surface area contributed by atoms with E-state index < -0.39 is 0 Å². The van der Waals surface area contributed by atoms with Gasteiger partial charge in [0.2, 0.25) is 0 Å². The Labute approximate surface area is 138 Å². The van der Waals surface area contributed by atoms with E-state index in [4.69, 9.17) is 23.2 Å². The summed E-state index contributed by atoms with van der Waals surface area (Å²) in [6, 6.07) is 5.32. The van der Waals surface area contributed by atoms with Gasteiger partial charge >= 0.3 is 0 Å². The van der Waals surface area contributed by atoms with Gasteiger partial charge in [-0.2, -0.15) is 0 Å². The van der Waals surface area contributed by atoms with Crippen LogP contribution < -0.4 is 5.56 Å². The molecule has 0 aliphatic rings. The number of H-pyrrole nitrogens is 1. The lowest BCUT2D eigenvalue weighted by molar-refractivity contribution is 0.789. The predicted molar refractivity (Wildman–Crippen MR) is 89.9 cm³/mol. The summed E-state index contributed by atoms with van der Waals surface area (Å²) in [5.74, 6) is 0. The molecule has 1 N–H and O–H groups in total. The van der Waals surface area contributed by atoms with Gasteiger partial charge in [0.15, 0.2) is 5.16 Å². The quantitative estimate of drug-likeness (QED) is 0.649. The van der Waals surface area contributed by atoms with Crippen molar-refractivity contribution in [2.75, 3.05) is 6.26 Å². The molecule has 0 saturated heterocycles. The second-order valence-electron chi connectivity index (χ2n) is 4.66. The summed E-state index contributed by atoms with van der Waals surface area (Å²) in [7, 11) is 0. The van der Waals surface area contributed by atoms with E-state index in [1.165, 1.54) is 11.8 Å². The maximum Gasteiger partial charge on any atom is 0.255 e. The number of benzene rings is 1. The Kier molecular flexibility index (Phi) is 5.73. The van der Waals surface area contributed by atoms with Gasteiger partial charge in [-0.3, -0.25) is 4.79 Å². The van der Waals surface area contributed by atoms with Gasteiger partial charge in [0.25, 0.3) is 5.56 Å². The second-order valence-corrected chi connectivity index (χ2v) is 6.30. The third kappa shape index (κ3) is 4.02. The lowest BCUT2D eigenvalue weighted by Gasteiger charge is -2.10. The SMILES string of the molecule is CCCc1nc(SC)[nH]c(=O)c1Cc1ccc(Cl)cc1Cl. The van der Waals surface area contributed by atoms with Crippen LogP contribution in [0.2, 0.25) is 10.0 Å². The van der Waals surface area contributed by atoms with Crippen molar-refractivity contribution >= 4 is 35.0 Å². The Morgan fingerprint density at radius 2 is 2.10 bits per heavy atom. The highest BCUT2D eigenvalue weighted by Crippen LogP contribution is 2.24. The molecule has 3 nitrogen and oxygen atoms in total. The van der Waals surface area contributed by atoms with Crippen molar-refractivity contribution in [3.05, 3.63) is 55.4 Å². The topological polar surface area (TPSA) is 45.8 Å². The maximum absolute atomic E-state index is 12.3. The molecule has 0 aliphatic carbocycles. The first-order chi connectivity index (χ1) is 10.0. The standard InChI is InChI=1S/C15H16Cl2N2OS/c1-3-4-13-11(14(20)19-15(18-13)21-2)7-9-5-6-10(16)8-12(9)17/h5-6,8H,3-4,7H2,1-2H3,(H,18,19,20). The van der Waals surface area contributed by atoms with Crippen LogP contribution in [0.4, 0.5) is 0 Å². The van der Waals surface area contributed by atoms with Crippen molar-refractivity contribution < 1.29 is 0 Å². The number of hydrogen-bond donors (Lipinski definition) is 1. The highest BCUT2D eigenvalue weighted by molar-refractivity contribution is 7.98. The smallest absolute Gasteiger partial charge is 0.255 e. The molecule has 0 spiro atoms. The number of nitrogens with one attached hydrogen (secondary N) is 1. The van der Waals surface area contributed by atoms with Crippen LogP contribution in [0.1, 0.15) is 30.2 Å². The largest absolute Gasteiger partial charge is 0.301 e. The minimum atomic E-state index is -0.0937. The second kappa shape index (κ2) is 7.34. The number of aromatic nitrogens is 2. The summed E-state index contributed by atoms with van der Waals surface area (Å²) in [6.07, 6.45) is 4.07. The monoisotopic (exact) mass is 342 g/mol. The Morgan fingerprint density at radius 3 is 2.71 bits per heavy atom. The van der Waals surface area contributed by atoms with Gasteiger partial charge in [-0.05, 0) is 30.4 Å². The predicted octanol–water partition coefficient (Wildman–Crippen LogP) is 4.34. The van der Waals surface area contributed by atoms with Crippen LogP contribution in [0.5, 0.6) is 0 Å². The summed E-state index contributed by atoms with van der Waals surface area (Å²) in [4.78, 5) is 19.6. The first-order valence-corrected chi connectivity index (χ1v) is 8.63. The molecule has 2 aromatic rings. The van der Waals surface area contributed by atoms with Gasteiger partial charge < -0.3 is 4.98 Å². The lowest BCUT2D eigenvalue weighted by Crippen LogP contribution is -2.19. The molecule has 2 rings (SSSR count). The molecular formula is C15H16Cl2N2OS. The zero-order valence-corrected chi connectivity index (χ0v) is 14.2. The minimum absolute atomic E-state index is 0.0937. The van der Waals surface area contributed by atoms with Crippen LogP contribution in [-0.4, -0.2) is 16.2 Å². The van der Waals surface area contributed by atoms with Crippen LogP contribution >= 0.6 is 35.0 Å². The fraction of sp³-hybridized carbons (Fsp3) is 0.333. The summed E-state index contributed by atoms with van der Waals surface area (Å²) < 4.78 is 0. The molecule has 0 bridgehead atoms. The fourth-order valence-electron chi connectivity index (χ4n) is 2.10. The molecule has 0 radical (unpaired) electrons. The number of hydrogen-bond acceptors (Lipinski definition) is 3. The molecule has 0 aliphatic heterocycles. The van der Waals surface area contributed by atoms with Crippen LogP contribution in [-0.2, 0) is 12.8 Å². The zero-order chi connectivity index (χ0) is 15.4. The average molecular weight is 343 g/mol. The highest BCUT2D eigenvalue weighted by atomic mass is 35.5. The lowest BCUT2D eigenvalue weighted by atomic mass is 10.0. The van der Waals surface area contributed by atoms with Crippen LogP contribution in [0.3, 0.4) is 0 Å². The van der Waals surface area contributed by atoms with Crippen molar-refractivity contribution in [1.82, 2.24) is 9.97 Å². The zero-order valence-electron chi connectivity index (χ0n) is 11.9. The third-order valence-electron chi connectivity index (χ3n) is 3.14. The molecule has 1 heterocycles. The minimum Gasteiger partial charge on any atom is -0.301 e. The van der Waals surface area contributed by atoms with Crippen LogP contribution in [0.25, 0.3) is 0 Å². The molecule has 0 unspecified atom stereocenters. The first kappa shape index (κ1) is 16.4. The van der Waals surface area contributed by atoms with E-state index in [0.717, 1.165) is 24.1 Å². The fourth-order valence-corrected chi connectivity index (χ4v) is 2.97. The number of halogens is 2. The van der Waals surface area contributed by atoms with Crippen LogP contribution in [0.15, 0.2) is 28.2 Å². The average Bonchev–Trinajstić information content (AvgIpc) is 2.44. The molecule has 0 atom stereocenters. The normalized spacial score (nSPS) is 10.9. The Morgan fingerprint density at radius 1 is 1.33 bits per heavy atom. The van der Waals surface area contributed by atoms with Crippen molar-refractivity contribution in [2.45, 2.75) is 31.3 Å². The number of aromatic amines is 1. The van der Waals surface area contributed by atoms with Gasteiger partial charge in [-0.1, -0.05) is 54.4 Å². The number of rotatable bonds is 5. The molecule has 21 heavy (non-hydrogen) atoms. The molecule has 6 heteroatoms. The van der Waals surface area contributed by atoms with E-state index in [1.807, 2.05) is 12.3 Å². The van der Waals surface area contributed by atoms with Gasteiger partial charge in [-0.25, -0.2) is 4.98 Å². The van der Waals surface area contributed by atoms with E-state index >= 15 is 0 Å².